The number of pyridine rings is 1. The van der Waals surface area contributed by atoms with Crippen molar-refractivity contribution in [3.05, 3.63) is 96.1 Å². The fourth-order valence-electron chi connectivity index (χ4n) is 3.42. The zero-order valence-electron chi connectivity index (χ0n) is 16.3. The number of rotatable bonds is 6. The van der Waals surface area contributed by atoms with Gasteiger partial charge in [0.15, 0.2) is 0 Å². The van der Waals surface area contributed by atoms with Crippen molar-refractivity contribution in [3.8, 4) is 16.9 Å². The Morgan fingerprint density at radius 2 is 1.73 bits per heavy atom. The highest BCUT2D eigenvalue weighted by molar-refractivity contribution is 6.43. The van der Waals surface area contributed by atoms with Crippen LogP contribution in [0.15, 0.2) is 79.0 Å². The van der Waals surface area contributed by atoms with Crippen molar-refractivity contribution in [3.63, 3.8) is 0 Å². The molecule has 30 heavy (non-hydrogen) atoms. The third kappa shape index (κ3) is 3.67. The van der Waals surface area contributed by atoms with Gasteiger partial charge in [0, 0.05) is 29.4 Å². The number of nitrogens with one attached hydrogen (secondary N) is 1. The third-order valence-corrected chi connectivity index (χ3v) is 4.89. The number of nitrogens with zero attached hydrogens (tertiary/aromatic N) is 1. The maximum Gasteiger partial charge on any atom is 0.294 e. The number of halogens is 1. The van der Waals surface area contributed by atoms with E-state index in [9.17, 15) is 14.0 Å². The van der Waals surface area contributed by atoms with E-state index in [0.717, 1.165) is 11.1 Å². The summed E-state index contributed by atoms with van der Waals surface area (Å²) in [6.07, 6.45) is 1.73. The second-order valence-electron chi connectivity index (χ2n) is 6.73. The summed E-state index contributed by atoms with van der Waals surface area (Å²) in [5.74, 6) is -1.14. The quantitative estimate of drug-likeness (QED) is 0.387. The van der Waals surface area contributed by atoms with Crippen LogP contribution in [0.4, 0.5) is 4.39 Å². The zero-order chi connectivity index (χ0) is 21.1. The van der Waals surface area contributed by atoms with E-state index in [0.29, 0.717) is 16.9 Å². The van der Waals surface area contributed by atoms with Crippen molar-refractivity contribution in [2.24, 2.45) is 0 Å². The molecule has 2 heterocycles. The molecule has 150 valence electrons. The molecule has 1 N–H and O–H groups in total. The lowest BCUT2D eigenvalue weighted by atomic mass is 10.0. The molecule has 6 heteroatoms. The van der Waals surface area contributed by atoms with E-state index in [4.69, 9.17) is 4.74 Å². The van der Waals surface area contributed by atoms with E-state index >= 15 is 0 Å². The van der Waals surface area contributed by atoms with Gasteiger partial charge in [-0.2, -0.15) is 0 Å². The fraction of sp³-hybridized carbons (Fsp3) is 0.0833. The molecule has 0 radical (unpaired) electrons. The Labute approximate surface area is 172 Å². The molecule has 0 spiro atoms. The minimum Gasteiger partial charge on any atom is -0.496 e. The van der Waals surface area contributed by atoms with Crippen LogP contribution in [0.2, 0.25) is 0 Å². The molecule has 0 unspecified atom stereocenters. The van der Waals surface area contributed by atoms with Crippen molar-refractivity contribution in [2.75, 3.05) is 7.11 Å². The summed E-state index contributed by atoms with van der Waals surface area (Å²) in [5.41, 5.74) is 2.98. The second-order valence-corrected chi connectivity index (χ2v) is 6.73. The first-order valence-electron chi connectivity index (χ1n) is 9.39. The number of carbonyl (C=O) groups excluding carboxylic acids is 2. The fourth-order valence-corrected chi connectivity index (χ4v) is 3.42. The van der Waals surface area contributed by atoms with Crippen LogP contribution in [0.3, 0.4) is 0 Å². The highest BCUT2D eigenvalue weighted by Gasteiger charge is 2.24. The molecule has 0 fully saturated rings. The Hall–Kier alpha value is -3.93. The highest BCUT2D eigenvalue weighted by Crippen LogP contribution is 2.28. The minimum absolute atomic E-state index is 0.157. The molecule has 0 aliphatic carbocycles. The summed E-state index contributed by atoms with van der Waals surface area (Å²) in [6.45, 7) is 0.157. The number of aromatic nitrogens is 1. The lowest BCUT2D eigenvalue weighted by molar-refractivity contribution is -0.117. The minimum atomic E-state index is -0.729. The van der Waals surface area contributed by atoms with Gasteiger partial charge in [-0.25, -0.2) is 4.39 Å². The first kappa shape index (κ1) is 19.4. The molecule has 0 saturated heterocycles. The van der Waals surface area contributed by atoms with Crippen LogP contribution in [0.1, 0.15) is 16.1 Å². The molecule has 0 aliphatic rings. The van der Waals surface area contributed by atoms with E-state index in [1.54, 1.807) is 42.0 Å². The summed E-state index contributed by atoms with van der Waals surface area (Å²) >= 11 is 0. The number of amides is 1. The summed E-state index contributed by atoms with van der Waals surface area (Å²) in [6, 6.07) is 20.4. The Kier molecular flexibility index (Phi) is 5.30. The molecule has 0 aliphatic heterocycles. The molecule has 2 aromatic heterocycles. The number of methoxy groups -OCH3 is 1. The molecule has 4 rings (SSSR count). The maximum absolute atomic E-state index is 13.4. The summed E-state index contributed by atoms with van der Waals surface area (Å²) < 4.78 is 20.3. The van der Waals surface area contributed by atoms with E-state index < -0.39 is 11.7 Å². The number of ether oxygens (including phenoxy) is 1. The molecule has 0 atom stereocenters. The molecule has 0 saturated carbocycles. The van der Waals surface area contributed by atoms with Crippen molar-refractivity contribution in [1.29, 1.82) is 0 Å². The largest absolute Gasteiger partial charge is 0.496 e. The summed E-state index contributed by atoms with van der Waals surface area (Å²) in [4.78, 5) is 25.8. The SMILES string of the molecule is COc1ccccc1CNC(=O)C(=O)c1c(-c2ccc(F)cc2)cc2ccccn12. The first-order chi connectivity index (χ1) is 14.6. The number of hydrogen-bond donors (Lipinski definition) is 1. The third-order valence-electron chi connectivity index (χ3n) is 4.89. The van der Waals surface area contributed by atoms with Crippen LogP contribution in [0.25, 0.3) is 16.6 Å². The Bertz CT molecular complexity index is 1230. The van der Waals surface area contributed by atoms with Crippen LogP contribution in [0, 0.1) is 5.82 Å². The predicted octanol–water partition coefficient (Wildman–Crippen LogP) is 4.25. The lowest BCUT2D eigenvalue weighted by Crippen LogP contribution is -2.31. The van der Waals surface area contributed by atoms with E-state index in [1.165, 1.54) is 12.1 Å². The molecule has 1 amide bonds. The smallest absolute Gasteiger partial charge is 0.294 e. The average Bonchev–Trinajstić information content (AvgIpc) is 3.17. The van der Waals surface area contributed by atoms with E-state index in [1.807, 2.05) is 36.4 Å². The van der Waals surface area contributed by atoms with Gasteiger partial charge < -0.3 is 14.5 Å². The van der Waals surface area contributed by atoms with Crippen LogP contribution >= 0.6 is 0 Å². The van der Waals surface area contributed by atoms with Crippen molar-refractivity contribution >= 4 is 17.2 Å². The number of para-hydroxylation sites is 1. The number of benzene rings is 2. The zero-order valence-corrected chi connectivity index (χ0v) is 16.3. The highest BCUT2D eigenvalue weighted by atomic mass is 19.1. The van der Waals surface area contributed by atoms with E-state index in [2.05, 4.69) is 5.32 Å². The molecule has 2 aromatic carbocycles. The molecular weight excluding hydrogens is 383 g/mol. The Balaban J connectivity index is 1.67. The Morgan fingerprint density at radius 1 is 1.00 bits per heavy atom. The van der Waals surface area contributed by atoms with Crippen LogP contribution in [-0.4, -0.2) is 23.2 Å². The van der Waals surface area contributed by atoms with Gasteiger partial charge in [0.25, 0.3) is 11.7 Å². The summed E-state index contributed by atoms with van der Waals surface area (Å²) in [5, 5.41) is 2.67. The van der Waals surface area contributed by atoms with Gasteiger partial charge in [-0.1, -0.05) is 36.4 Å². The van der Waals surface area contributed by atoms with Gasteiger partial charge in [0.1, 0.15) is 17.3 Å². The first-order valence-corrected chi connectivity index (χ1v) is 9.39. The van der Waals surface area contributed by atoms with Crippen LogP contribution in [-0.2, 0) is 11.3 Å². The van der Waals surface area contributed by atoms with Gasteiger partial charge in [-0.05, 0) is 42.0 Å². The molecule has 5 nitrogen and oxygen atoms in total. The Morgan fingerprint density at radius 3 is 2.50 bits per heavy atom. The van der Waals surface area contributed by atoms with E-state index in [-0.39, 0.29) is 18.1 Å². The topological polar surface area (TPSA) is 59.8 Å². The standard InChI is InChI=1S/C24H19FN2O3/c1-30-21-8-3-2-6-17(21)15-26-24(29)23(28)22-20(16-9-11-18(25)12-10-16)14-19-7-4-5-13-27(19)22/h2-14H,15H2,1H3,(H,26,29). The number of carbonyl (C=O) groups is 2. The monoisotopic (exact) mass is 402 g/mol. The average molecular weight is 402 g/mol. The molecule has 4 aromatic rings. The van der Waals surface area contributed by atoms with Crippen molar-refractivity contribution in [2.45, 2.75) is 6.54 Å². The van der Waals surface area contributed by atoms with Gasteiger partial charge in [0.05, 0.1) is 7.11 Å². The van der Waals surface area contributed by atoms with Gasteiger partial charge in [0.2, 0.25) is 0 Å². The van der Waals surface area contributed by atoms with Gasteiger partial charge >= 0.3 is 0 Å². The summed E-state index contributed by atoms with van der Waals surface area (Å²) in [7, 11) is 1.55. The number of fused-ring (bicyclic) bond motifs is 1. The van der Waals surface area contributed by atoms with Crippen LogP contribution in [0.5, 0.6) is 5.75 Å². The normalized spacial score (nSPS) is 10.7. The van der Waals surface area contributed by atoms with Crippen LogP contribution < -0.4 is 10.1 Å². The molecule has 0 bridgehead atoms. The van der Waals surface area contributed by atoms with Gasteiger partial charge in [-0.15, -0.1) is 0 Å². The van der Waals surface area contributed by atoms with Crippen molar-refractivity contribution in [1.82, 2.24) is 9.72 Å². The maximum atomic E-state index is 13.4. The lowest BCUT2D eigenvalue weighted by Gasteiger charge is -2.10. The number of hydrogen-bond acceptors (Lipinski definition) is 3. The number of Topliss-reactive ketones (excluding diaryl/α,β-unsaturated/α-hetero) is 1. The van der Waals surface area contributed by atoms with Crippen molar-refractivity contribution < 1.29 is 18.7 Å². The second kappa shape index (κ2) is 8.21. The van der Waals surface area contributed by atoms with Gasteiger partial charge in [-0.3, -0.25) is 9.59 Å². The molecular formula is C24H19FN2O3. The predicted molar refractivity (Wildman–Crippen MR) is 112 cm³/mol. The number of ketones is 1.